The summed E-state index contributed by atoms with van der Waals surface area (Å²) in [4.78, 5) is 38.1. The van der Waals surface area contributed by atoms with Gasteiger partial charge in [-0.25, -0.2) is 4.79 Å². The van der Waals surface area contributed by atoms with Crippen LogP contribution in [0.25, 0.3) is 0 Å². The quantitative estimate of drug-likeness (QED) is 0.371. The molecule has 1 aromatic heterocycles. The Hall–Kier alpha value is -1.77. The number of ether oxygens (including phenoxy) is 2. The molecule has 2 rings (SSSR count). The Kier molecular flexibility index (Phi) is 9.42. The second kappa shape index (κ2) is 11.4. The minimum Gasteiger partial charge on any atom is -0.464 e. The van der Waals surface area contributed by atoms with Gasteiger partial charge in [0.25, 0.3) is 5.56 Å². The van der Waals surface area contributed by atoms with Crippen molar-refractivity contribution in [3.8, 4) is 0 Å². The summed E-state index contributed by atoms with van der Waals surface area (Å²) in [7, 11) is -2.94. The van der Waals surface area contributed by atoms with E-state index in [0.717, 1.165) is 23.7 Å². The topological polar surface area (TPSA) is 132 Å². The highest BCUT2D eigenvalue weighted by atomic mass is 31.2. The molecule has 182 valence electrons. The summed E-state index contributed by atoms with van der Waals surface area (Å²) in [6, 6.07) is -0.697. The van der Waals surface area contributed by atoms with Gasteiger partial charge < -0.3 is 14.0 Å². The van der Waals surface area contributed by atoms with Crippen LogP contribution in [0.3, 0.4) is 0 Å². The van der Waals surface area contributed by atoms with Gasteiger partial charge in [0.15, 0.2) is 6.23 Å². The van der Waals surface area contributed by atoms with E-state index < -0.39 is 36.8 Å². The van der Waals surface area contributed by atoms with Gasteiger partial charge in [-0.3, -0.25) is 19.7 Å². The Morgan fingerprint density at radius 3 is 2.56 bits per heavy atom. The molecular formula is C21H37N4O6P. The molecule has 1 aliphatic heterocycles. The molecule has 10 nitrogen and oxygen atoms in total. The van der Waals surface area contributed by atoms with E-state index in [4.69, 9.17) is 9.47 Å². The van der Waals surface area contributed by atoms with Crippen molar-refractivity contribution in [2.45, 2.75) is 72.3 Å². The molecule has 2 heterocycles. The third-order valence-electron chi connectivity index (χ3n) is 6.29. The number of nitrogens with one attached hydrogen (secondary N) is 2. The highest BCUT2D eigenvalue weighted by Gasteiger charge is 2.45. The fourth-order valence-electron chi connectivity index (χ4n) is 4.23. The molecule has 0 radical (unpaired) electrons. The van der Waals surface area contributed by atoms with E-state index in [-0.39, 0.29) is 17.9 Å². The minimum atomic E-state index is -2.94. The SMILES string of the molecule is CCC(CC)COC(=O)[C@H](C)NP(C)(=O)C[C@H]1[C@@H](C)[C@H](n2ncc(=O)[nH]c2=O)O[C@@H]1CC. The average molecular weight is 473 g/mol. The summed E-state index contributed by atoms with van der Waals surface area (Å²) in [6.07, 6.45) is 2.96. The van der Waals surface area contributed by atoms with E-state index in [0.29, 0.717) is 25.1 Å². The van der Waals surface area contributed by atoms with Crippen molar-refractivity contribution in [3.05, 3.63) is 27.0 Å². The summed E-state index contributed by atoms with van der Waals surface area (Å²) in [5.74, 6) is -0.392. The van der Waals surface area contributed by atoms with Crippen LogP contribution in [-0.4, -0.2) is 52.3 Å². The van der Waals surface area contributed by atoms with Crippen LogP contribution >= 0.6 is 7.29 Å². The number of H-pyrrole nitrogens is 1. The third-order valence-corrected chi connectivity index (χ3v) is 8.35. The first kappa shape index (κ1) is 26.5. The summed E-state index contributed by atoms with van der Waals surface area (Å²) in [5.41, 5.74) is -1.22. The lowest BCUT2D eigenvalue weighted by Crippen LogP contribution is -2.37. The number of rotatable bonds is 11. The first-order valence-electron chi connectivity index (χ1n) is 11.4. The van der Waals surface area contributed by atoms with E-state index in [1.165, 1.54) is 0 Å². The molecule has 32 heavy (non-hydrogen) atoms. The normalized spacial score (nSPS) is 26.1. The Morgan fingerprint density at radius 2 is 2.00 bits per heavy atom. The van der Waals surface area contributed by atoms with Crippen LogP contribution in [0.1, 0.15) is 60.1 Å². The van der Waals surface area contributed by atoms with Gasteiger partial charge in [-0.15, -0.1) is 0 Å². The molecular weight excluding hydrogens is 435 g/mol. The second-order valence-electron chi connectivity index (χ2n) is 8.83. The van der Waals surface area contributed by atoms with Crippen LogP contribution in [0.2, 0.25) is 0 Å². The van der Waals surface area contributed by atoms with Gasteiger partial charge in [-0.2, -0.15) is 9.78 Å². The fraction of sp³-hybridized carbons (Fsp3) is 0.810. The molecule has 1 saturated heterocycles. The molecule has 11 heteroatoms. The predicted octanol–water partition coefficient (Wildman–Crippen LogP) is 2.36. The van der Waals surface area contributed by atoms with Gasteiger partial charge in [0.05, 0.1) is 12.7 Å². The van der Waals surface area contributed by atoms with E-state index in [1.807, 2.05) is 13.8 Å². The standard InChI is InChI=1S/C21H37N4O6P/c1-7-15(8-2)11-30-20(27)14(5)24-32(6,29)12-16-13(4)19(31-17(16)9-3)25-21(28)23-18(26)10-22-25/h10,13-17,19H,7-9,11-12H2,1-6H3,(H,24,29)(H,23,26,28)/t13-,14+,16+,17-,19-,32?/m1/s1. The zero-order valence-electron chi connectivity index (χ0n) is 19.9. The molecule has 0 saturated carbocycles. The number of hydrogen-bond acceptors (Lipinski definition) is 7. The van der Waals surface area contributed by atoms with Crippen LogP contribution in [0.5, 0.6) is 0 Å². The van der Waals surface area contributed by atoms with E-state index in [2.05, 4.69) is 29.0 Å². The lowest BCUT2D eigenvalue weighted by atomic mass is 9.91. The number of carbonyl (C=O) groups is 1. The van der Waals surface area contributed by atoms with E-state index in [1.54, 1.807) is 13.6 Å². The van der Waals surface area contributed by atoms with Gasteiger partial charge in [0.2, 0.25) is 0 Å². The molecule has 0 aliphatic carbocycles. The van der Waals surface area contributed by atoms with Gasteiger partial charge in [-0.05, 0) is 19.3 Å². The lowest BCUT2D eigenvalue weighted by Gasteiger charge is -2.26. The number of aromatic amines is 1. The number of hydrogen-bond donors (Lipinski definition) is 2. The Balaban J connectivity index is 2.06. The van der Waals surface area contributed by atoms with Crippen molar-refractivity contribution in [1.29, 1.82) is 0 Å². The third kappa shape index (κ3) is 6.62. The molecule has 1 aromatic rings. The van der Waals surface area contributed by atoms with Crippen LogP contribution in [0.15, 0.2) is 15.8 Å². The molecule has 6 atom stereocenters. The van der Waals surface area contributed by atoms with Gasteiger partial charge in [0.1, 0.15) is 19.5 Å². The monoisotopic (exact) mass is 472 g/mol. The van der Waals surface area contributed by atoms with Crippen LogP contribution in [0.4, 0.5) is 0 Å². The highest BCUT2D eigenvalue weighted by molar-refractivity contribution is 7.61. The van der Waals surface area contributed by atoms with E-state index in [9.17, 15) is 18.9 Å². The molecule has 1 aliphatic rings. The van der Waals surface area contributed by atoms with Crippen molar-refractivity contribution in [1.82, 2.24) is 19.9 Å². The summed E-state index contributed by atoms with van der Waals surface area (Å²) in [6.45, 7) is 11.6. The maximum atomic E-state index is 13.4. The largest absolute Gasteiger partial charge is 0.464 e. The second-order valence-corrected chi connectivity index (χ2v) is 11.7. The van der Waals surface area contributed by atoms with Crippen molar-refractivity contribution >= 4 is 13.3 Å². The summed E-state index contributed by atoms with van der Waals surface area (Å²) in [5, 5.41) is 6.89. The van der Waals surface area contributed by atoms with E-state index >= 15 is 0 Å². The minimum absolute atomic E-state index is 0.123. The van der Waals surface area contributed by atoms with Crippen molar-refractivity contribution in [2.75, 3.05) is 19.4 Å². The number of carbonyl (C=O) groups excluding carboxylic acids is 1. The van der Waals surface area contributed by atoms with Gasteiger partial charge >= 0.3 is 11.7 Å². The first-order chi connectivity index (χ1) is 15.0. The molecule has 1 fully saturated rings. The highest BCUT2D eigenvalue weighted by Crippen LogP contribution is 2.48. The lowest BCUT2D eigenvalue weighted by molar-refractivity contribution is -0.146. The van der Waals surface area contributed by atoms with Gasteiger partial charge in [-0.1, -0.05) is 40.5 Å². The van der Waals surface area contributed by atoms with Crippen molar-refractivity contribution < 1.29 is 18.8 Å². The van der Waals surface area contributed by atoms with Crippen LogP contribution in [-0.2, 0) is 18.8 Å². The van der Waals surface area contributed by atoms with Crippen LogP contribution in [0, 0.1) is 17.8 Å². The maximum Gasteiger partial charge on any atom is 0.347 e. The smallest absolute Gasteiger partial charge is 0.347 e. The molecule has 0 amide bonds. The number of nitrogens with zero attached hydrogens (tertiary/aromatic N) is 2. The zero-order valence-corrected chi connectivity index (χ0v) is 20.8. The number of aromatic nitrogens is 3. The maximum absolute atomic E-state index is 13.4. The van der Waals surface area contributed by atoms with Crippen molar-refractivity contribution in [3.63, 3.8) is 0 Å². The molecule has 1 unspecified atom stereocenters. The van der Waals surface area contributed by atoms with Crippen molar-refractivity contribution in [2.24, 2.45) is 17.8 Å². The Bertz CT molecular complexity index is 927. The van der Waals surface area contributed by atoms with Gasteiger partial charge in [0, 0.05) is 24.7 Å². The van der Waals surface area contributed by atoms with Crippen LogP contribution < -0.4 is 16.3 Å². The summed E-state index contributed by atoms with van der Waals surface area (Å²) >= 11 is 0. The summed E-state index contributed by atoms with van der Waals surface area (Å²) < 4.78 is 26.0. The zero-order chi connectivity index (χ0) is 24.1. The molecule has 0 bridgehead atoms. The Labute approximate surface area is 188 Å². The number of esters is 1. The fourth-order valence-corrected chi connectivity index (χ4v) is 6.63. The molecule has 0 aromatic carbocycles. The average Bonchev–Trinajstić information content (AvgIpc) is 3.03. The molecule has 2 N–H and O–H groups in total. The predicted molar refractivity (Wildman–Crippen MR) is 122 cm³/mol. The Morgan fingerprint density at radius 1 is 1.34 bits per heavy atom. The first-order valence-corrected chi connectivity index (χ1v) is 13.7. The molecule has 0 spiro atoms.